The summed E-state index contributed by atoms with van der Waals surface area (Å²) in [7, 11) is 0. The average Bonchev–Trinajstić information content (AvgIpc) is 2.63. The van der Waals surface area contributed by atoms with E-state index in [1.54, 1.807) is 11.3 Å². The van der Waals surface area contributed by atoms with E-state index in [0.29, 0.717) is 12.1 Å². The number of rotatable bonds is 3. The van der Waals surface area contributed by atoms with Gasteiger partial charge in [-0.05, 0) is 50.2 Å². The molecule has 96 valence electrons. The van der Waals surface area contributed by atoms with Gasteiger partial charge < -0.3 is 5.32 Å². The summed E-state index contributed by atoms with van der Waals surface area (Å²) in [5, 5.41) is 3.76. The maximum atomic E-state index is 5.98. The van der Waals surface area contributed by atoms with Crippen LogP contribution in [0.3, 0.4) is 0 Å². The van der Waals surface area contributed by atoms with Crippen molar-refractivity contribution in [2.75, 3.05) is 0 Å². The second kappa shape index (κ2) is 5.73. The molecule has 1 N–H and O–H groups in total. The zero-order valence-corrected chi connectivity index (χ0v) is 12.4. The molecule has 1 aromatic rings. The summed E-state index contributed by atoms with van der Waals surface area (Å²) in [6.07, 6.45) is 4.01. The maximum Gasteiger partial charge on any atom is 0.0931 e. The van der Waals surface area contributed by atoms with Crippen molar-refractivity contribution in [2.24, 2.45) is 11.8 Å². The molecule has 1 aromatic heterocycles. The summed E-state index contributed by atoms with van der Waals surface area (Å²) < 4.78 is 0.888. The first kappa shape index (κ1) is 13.4. The SMILES string of the molecule is CC1CC(C)CC(NC(C)c2ccc(Cl)s2)C1. The highest BCUT2D eigenvalue weighted by Crippen LogP contribution is 2.32. The van der Waals surface area contributed by atoms with Crippen molar-refractivity contribution >= 4 is 22.9 Å². The first-order chi connectivity index (χ1) is 8.04. The molecule has 3 unspecified atom stereocenters. The number of hydrogen-bond donors (Lipinski definition) is 1. The third kappa shape index (κ3) is 3.70. The van der Waals surface area contributed by atoms with Gasteiger partial charge in [-0.25, -0.2) is 0 Å². The summed E-state index contributed by atoms with van der Waals surface area (Å²) in [5.41, 5.74) is 0. The predicted octanol–water partition coefficient (Wildman–Crippen LogP) is 4.88. The van der Waals surface area contributed by atoms with Crippen LogP contribution in [0.25, 0.3) is 0 Å². The fourth-order valence-electron chi connectivity index (χ4n) is 3.08. The molecule has 3 atom stereocenters. The third-order valence-electron chi connectivity index (χ3n) is 3.68. The van der Waals surface area contributed by atoms with Crippen LogP contribution in [0.15, 0.2) is 12.1 Å². The quantitative estimate of drug-likeness (QED) is 0.826. The van der Waals surface area contributed by atoms with Crippen molar-refractivity contribution in [2.45, 2.75) is 52.1 Å². The first-order valence-corrected chi connectivity index (χ1v) is 7.75. The van der Waals surface area contributed by atoms with Gasteiger partial charge >= 0.3 is 0 Å². The number of halogens is 1. The maximum absolute atomic E-state index is 5.98. The van der Waals surface area contributed by atoms with E-state index in [4.69, 9.17) is 11.6 Å². The monoisotopic (exact) mass is 271 g/mol. The molecule has 0 aromatic carbocycles. The van der Waals surface area contributed by atoms with Crippen LogP contribution in [0, 0.1) is 11.8 Å². The van der Waals surface area contributed by atoms with Gasteiger partial charge in [-0.1, -0.05) is 25.4 Å². The summed E-state index contributed by atoms with van der Waals surface area (Å²) in [5.74, 6) is 1.71. The number of hydrogen-bond acceptors (Lipinski definition) is 2. The van der Waals surface area contributed by atoms with Crippen molar-refractivity contribution in [1.82, 2.24) is 5.32 Å². The van der Waals surface area contributed by atoms with E-state index in [-0.39, 0.29) is 0 Å². The molecule has 3 heteroatoms. The summed E-state index contributed by atoms with van der Waals surface area (Å²) in [6, 6.07) is 5.23. The molecule has 0 saturated heterocycles. The Morgan fingerprint density at radius 2 is 1.88 bits per heavy atom. The van der Waals surface area contributed by atoms with Crippen LogP contribution in [0.5, 0.6) is 0 Å². The van der Waals surface area contributed by atoms with Gasteiger partial charge in [0, 0.05) is 17.0 Å². The molecular formula is C14H22ClNS. The van der Waals surface area contributed by atoms with E-state index in [0.717, 1.165) is 16.2 Å². The topological polar surface area (TPSA) is 12.0 Å². The molecular weight excluding hydrogens is 250 g/mol. The lowest BCUT2D eigenvalue weighted by Gasteiger charge is -2.33. The van der Waals surface area contributed by atoms with E-state index in [2.05, 4.69) is 32.2 Å². The lowest BCUT2D eigenvalue weighted by Crippen LogP contribution is -2.37. The van der Waals surface area contributed by atoms with Crippen molar-refractivity contribution in [1.29, 1.82) is 0 Å². The second-order valence-corrected chi connectivity index (χ2v) is 7.39. The van der Waals surface area contributed by atoms with Gasteiger partial charge in [0.05, 0.1) is 4.34 Å². The molecule has 17 heavy (non-hydrogen) atoms. The molecule has 0 aliphatic heterocycles. The Hall–Kier alpha value is -0.0500. The zero-order valence-electron chi connectivity index (χ0n) is 10.9. The van der Waals surface area contributed by atoms with Crippen molar-refractivity contribution in [3.05, 3.63) is 21.3 Å². The Bertz CT molecular complexity index is 353. The minimum absolute atomic E-state index is 0.426. The lowest BCUT2D eigenvalue weighted by molar-refractivity contribution is 0.229. The molecule has 1 saturated carbocycles. The highest BCUT2D eigenvalue weighted by atomic mass is 35.5. The fourth-order valence-corrected chi connectivity index (χ4v) is 4.15. The van der Waals surface area contributed by atoms with E-state index in [1.807, 2.05) is 6.07 Å². The highest BCUT2D eigenvalue weighted by Gasteiger charge is 2.25. The van der Waals surface area contributed by atoms with Gasteiger partial charge in [0.15, 0.2) is 0 Å². The Kier molecular flexibility index (Phi) is 4.51. The van der Waals surface area contributed by atoms with Gasteiger partial charge in [-0.2, -0.15) is 0 Å². The molecule has 1 aliphatic rings. The van der Waals surface area contributed by atoms with Crippen molar-refractivity contribution in [3.8, 4) is 0 Å². The lowest BCUT2D eigenvalue weighted by atomic mass is 9.80. The zero-order chi connectivity index (χ0) is 12.4. The Labute approximate surface area is 114 Å². The van der Waals surface area contributed by atoms with Crippen LogP contribution in [0.2, 0.25) is 4.34 Å². The Morgan fingerprint density at radius 1 is 1.24 bits per heavy atom. The molecule has 1 aliphatic carbocycles. The van der Waals surface area contributed by atoms with Crippen LogP contribution < -0.4 is 5.32 Å². The third-order valence-corrected chi connectivity index (χ3v) is 5.10. The van der Waals surface area contributed by atoms with Crippen LogP contribution in [-0.2, 0) is 0 Å². The largest absolute Gasteiger partial charge is 0.307 e. The summed E-state index contributed by atoms with van der Waals surface area (Å²) >= 11 is 7.67. The van der Waals surface area contributed by atoms with Crippen molar-refractivity contribution < 1.29 is 0 Å². The molecule has 1 fully saturated rings. The van der Waals surface area contributed by atoms with Gasteiger partial charge in [0.2, 0.25) is 0 Å². The molecule has 1 heterocycles. The summed E-state index contributed by atoms with van der Waals surface area (Å²) in [6.45, 7) is 6.99. The van der Waals surface area contributed by atoms with E-state index in [9.17, 15) is 0 Å². The van der Waals surface area contributed by atoms with Crippen molar-refractivity contribution in [3.63, 3.8) is 0 Å². The van der Waals surface area contributed by atoms with Crippen LogP contribution in [0.1, 0.15) is 51.0 Å². The molecule has 0 spiro atoms. The van der Waals surface area contributed by atoms with E-state index in [1.165, 1.54) is 24.1 Å². The van der Waals surface area contributed by atoms with Gasteiger partial charge in [-0.15, -0.1) is 11.3 Å². The molecule has 0 radical (unpaired) electrons. The minimum atomic E-state index is 0.426. The summed E-state index contributed by atoms with van der Waals surface area (Å²) in [4.78, 5) is 1.35. The molecule has 0 bridgehead atoms. The smallest absolute Gasteiger partial charge is 0.0931 e. The molecule has 0 amide bonds. The molecule has 2 rings (SSSR count). The predicted molar refractivity (Wildman–Crippen MR) is 76.8 cm³/mol. The first-order valence-electron chi connectivity index (χ1n) is 6.56. The van der Waals surface area contributed by atoms with Crippen LogP contribution in [-0.4, -0.2) is 6.04 Å². The number of thiophene rings is 1. The average molecular weight is 272 g/mol. The van der Waals surface area contributed by atoms with Crippen LogP contribution >= 0.6 is 22.9 Å². The Morgan fingerprint density at radius 3 is 2.41 bits per heavy atom. The van der Waals surface area contributed by atoms with Gasteiger partial charge in [-0.3, -0.25) is 0 Å². The minimum Gasteiger partial charge on any atom is -0.307 e. The molecule has 1 nitrogen and oxygen atoms in total. The highest BCUT2D eigenvalue weighted by molar-refractivity contribution is 7.16. The standard InChI is InChI=1S/C14H22ClNS/c1-9-6-10(2)8-12(7-9)16-11(3)13-4-5-14(15)17-13/h4-5,9-12,16H,6-8H2,1-3H3. The van der Waals surface area contributed by atoms with E-state index < -0.39 is 0 Å². The van der Waals surface area contributed by atoms with E-state index >= 15 is 0 Å². The van der Waals surface area contributed by atoms with Crippen LogP contribution in [0.4, 0.5) is 0 Å². The number of nitrogens with one attached hydrogen (secondary N) is 1. The van der Waals surface area contributed by atoms with Gasteiger partial charge in [0.1, 0.15) is 0 Å². The van der Waals surface area contributed by atoms with Gasteiger partial charge in [0.25, 0.3) is 0 Å². The normalized spacial score (nSPS) is 31.4. The fraction of sp³-hybridized carbons (Fsp3) is 0.714. The second-order valence-electron chi connectivity index (χ2n) is 5.64. The Balaban J connectivity index is 1.92.